The number of anilines is 1. The fraction of sp³-hybridized carbons (Fsp3) is 0.167. The number of nitrogens with zero attached hydrogens (tertiary/aromatic N) is 2. The van der Waals surface area contributed by atoms with Crippen LogP contribution in [0.4, 0.5) is 5.69 Å². The van der Waals surface area contributed by atoms with Crippen LogP contribution in [0, 0.1) is 0 Å². The normalized spacial score (nSPS) is 13.4. The number of rotatable bonds is 4. The lowest BCUT2D eigenvalue weighted by Gasteiger charge is -2.29. The molecule has 2 aromatic heterocycles. The van der Waals surface area contributed by atoms with E-state index in [4.69, 9.17) is 4.74 Å². The van der Waals surface area contributed by atoms with Crippen LogP contribution in [0.2, 0.25) is 0 Å². The van der Waals surface area contributed by atoms with Gasteiger partial charge < -0.3 is 19.9 Å². The number of carbonyl (C=O) groups excluding carboxylic acids is 2. The van der Waals surface area contributed by atoms with Gasteiger partial charge >= 0.3 is 0 Å². The Morgan fingerprint density at radius 2 is 2.20 bits per heavy atom. The first-order chi connectivity index (χ1) is 12.2. The van der Waals surface area contributed by atoms with Crippen LogP contribution >= 0.6 is 0 Å². The van der Waals surface area contributed by atoms with Gasteiger partial charge in [0, 0.05) is 36.4 Å². The third-order valence-electron chi connectivity index (χ3n) is 4.09. The van der Waals surface area contributed by atoms with Crippen molar-refractivity contribution in [2.24, 2.45) is 0 Å². The van der Waals surface area contributed by atoms with Crippen LogP contribution in [0.5, 0.6) is 5.75 Å². The second kappa shape index (κ2) is 6.27. The first kappa shape index (κ1) is 15.2. The summed E-state index contributed by atoms with van der Waals surface area (Å²) in [5, 5.41) is 3.71. The number of hydrogen-bond acceptors (Lipinski definition) is 4. The van der Waals surface area contributed by atoms with Gasteiger partial charge in [-0.1, -0.05) is 12.1 Å². The molecule has 0 aliphatic carbocycles. The van der Waals surface area contributed by atoms with Crippen molar-refractivity contribution in [2.45, 2.75) is 0 Å². The van der Waals surface area contributed by atoms with Gasteiger partial charge in [0.15, 0.2) is 6.61 Å². The zero-order valence-electron chi connectivity index (χ0n) is 13.4. The lowest BCUT2D eigenvalue weighted by molar-refractivity contribution is -0.121. The van der Waals surface area contributed by atoms with Crippen LogP contribution in [-0.4, -0.2) is 41.5 Å². The molecular formula is C18H16N4O3. The van der Waals surface area contributed by atoms with Gasteiger partial charge in [-0.2, -0.15) is 0 Å². The Labute approximate surface area is 143 Å². The molecule has 1 aliphatic rings. The zero-order chi connectivity index (χ0) is 17.2. The highest BCUT2D eigenvalue weighted by Gasteiger charge is 2.24. The molecule has 1 aliphatic heterocycles. The zero-order valence-corrected chi connectivity index (χ0v) is 13.4. The monoisotopic (exact) mass is 336 g/mol. The molecule has 0 atom stereocenters. The van der Waals surface area contributed by atoms with E-state index in [0.717, 1.165) is 16.6 Å². The highest BCUT2D eigenvalue weighted by atomic mass is 16.5. The number of benzene rings is 1. The minimum Gasteiger partial charge on any atom is -0.482 e. The molecule has 3 heterocycles. The van der Waals surface area contributed by atoms with Gasteiger partial charge in [0.25, 0.3) is 11.8 Å². The molecule has 0 bridgehead atoms. The lowest BCUT2D eigenvalue weighted by Crippen LogP contribution is -2.43. The van der Waals surface area contributed by atoms with Gasteiger partial charge in [0.05, 0.1) is 5.69 Å². The molecule has 0 saturated carbocycles. The van der Waals surface area contributed by atoms with Crippen molar-refractivity contribution >= 4 is 28.4 Å². The van der Waals surface area contributed by atoms with Crippen LogP contribution in [0.1, 0.15) is 10.5 Å². The first-order valence-corrected chi connectivity index (χ1v) is 7.95. The predicted octanol–water partition coefficient (Wildman–Crippen LogP) is 1.72. The molecule has 1 aromatic carbocycles. The Morgan fingerprint density at radius 3 is 3.08 bits per heavy atom. The third kappa shape index (κ3) is 2.91. The van der Waals surface area contributed by atoms with Gasteiger partial charge in [0.1, 0.15) is 11.4 Å². The minimum absolute atomic E-state index is 0.0139. The van der Waals surface area contributed by atoms with E-state index in [1.165, 1.54) is 0 Å². The van der Waals surface area contributed by atoms with Gasteiger partial charge in [-0.3, -0.25) is 14.6 Å². The number of ether oxygens (including phenoxy) is 1. The topological polar surface area (TPSA) is 87.3 Å². The number of nitrogens with one attached hydrogen (secondary N) is 2. The maximum atomic E-state index is 12.3. The molecule has 7 nitrogen and oxygen atoms in total. The van der Waals surface area contributed by atoms with E-state index in [9.17, 15) is 9.59 Å². The SMILES string of the molecule is O=C(NCCN1C(=O)COc2ccccc21)c1cc2cnccc2[nH]1. The summed E-state index contributed by atoms with van der Waals surface area (Å²) in [6.07, 6.45) is 3.37. The fourth-order valence-electron chi connectivity index (χ4n) is 2.87. The van der Waals surface area contributed by atoms with Crippen molar-refractivity contribution in [3.8, 4) is 5.75 Å². The molecule has 25 heavy (non-hydrogen) atoms. The molecule has 3 aromatic rings. The molecule has 0 radical (unpaired) electrons. The maximum Gasteiger partial charge on any atom is 0.267 e. The average Bonchev–Trinajstić information content (AvgIpc) is 3.08. The number of aromatic amines is 1. The summed E-state index contributed by atoms with van der Waals surface area (Å²) in [5.74, 6) is 0.339. The van der Waals surface area contributed by atoms with E-state index >= 15 is 0 Å². The number of carbonyl (C=O) groups is 2. The molecule has 4 rings (SSSR count). The molecule has 0 saturated heterocycles. The van der Waals surface area contributed by atoms with Crippen molar-refractivity contribution in [1.29, 1.82) is 0 Å². The molecule has 2 N–H and O–H groups in total. The molecular weight excluding hydrogens is 320 g/mol. The molecule has 0 fully saturated rings. The quantitative estimate of drug-likeness (QED) is 0.759. The van der Waals surface area contributed by atoms with Gasteiger partial charge in [-0.25, -0.2) is 0 Å². The Hall–Kier alpha value is -3.35. The Balaban J connectivity index is 1.42. The number of amides is 2. The minimum atomic E-state index is -0.217. The molecule has 7 heteroatoms. The van der Waals surface area contributed by atoms with Crippen LogP contribution in [-0.2, 0) is 4.79 Å². The maximum absolute atomic E-state index is 12.3. The summed E-state index contributed by atoms with van der Waals surface area (Å²) in [6.45, 7) is 0.735. The summed E-state index contributed by atoms with van der Waals surface area (Å²) >= 11 is 0. The molecule has 2 amide bonds. The van der Waals surface area contributed by atoms with E-state index in [-0.39, 0.29) is 18.4 Å². The van der Waals surface area contributed by atoms with Crippen LogP contribution in [0.3, 0.4) is 0 Å². The third-order valence-corrected chi connectivity index (χ3v) is 4.09. The summed E-state index contributed by atoms with van der Waals surface area (Å²) in [4.78, 5) is 33.1. The summed E-state index contributed by atoms with van der Waals surface area (Å²) < 4.78 is 5.41. The van der Waals surface area contributed by atoms with Crippen LogP contribution < -0.4 is 15.0 Å². The number of fused-ring (bicyclic) bond motifs is 2. The largest absolute Gasteiger partial charge is 0.482 e. The smallest absolute Gasteiger partial charge is 0.267 e. The van der Waals surface area contributed by atoms with Crippen LogP contribution in [0.25, 0.3) is 10.9 Å². The van der Waals surface area contributed by atoms with Crippen molar-refractivity contribution in [3.63, 3.8) is 0 Å². The average molecular weight is 336 g/mol. The number of aromatic nitrogens is 2. The van der Waals surface area contributed by atoms with Crippen molar-refractivity contribution in [1.82, 2.24) is 15.3 Å². The molecule has 126 valence electrons. The number of hydrogen-bond donors (Lipinski definition) is 2. The number of para-hydroxylation sites is 2. The Kier molecular flexibility index (Phi) is 3.81. The number of H-pyrrole nitrogens is 1. The van der Waals surface area contributed by atoms with E-state index in [1.807, 2.05) is 30.3 Å². The predicted molar refractivity (Wildman–Crippen MR) is 92.7 cm³/mol. The van der Waals surface area contributed by atoms with E-state index < -0.39 is 0 Å². The van der Waals surface area contributed by atoms with Crippen LogP contribution in [0.15, 0.2) is 48.8 Å². The lowest BCUT2D eigenvalue weighted by atomic mass is 10.2. The first-order valence-electron chi connectivity index (χ1n) is 7.95. The van der Waals surface area contributed by atoms with E-state index in [2.05, 4.69) is 15.3 Å². The van der Waals surface area contributed by atoms with Crippen molar-refractivity contribution < 1.29 is 14.3 Å². The second-order valence-corrected chi connectivity index (χ2v) is 5.70. The molecule has 0 unspecified atom stereocenters. The Morgan fingerprint density at radius 1 is 1.32 bits per heavy atom. The van der Waals surface area contributed by atoms with E-state index in [1.54, 1.807) is 23.4 Å². The van der Waals surface area contributed by atoms with Crippen molar-refractivity contribution in [3.05, 3.63) is 54.5 Å². The second-order valence-electron chi connectivity index (χ2n) is 5.70. The fourth-order valence-corrected chi connectivity index (χ4v) is 2.87. The highest BCUT2D eigenvalue weighted by Crippen LogP contribution is 2.30. The van der Waals surface area contributed by atoms with E-state index in [0.29, 0.717) is 24.5 Å². The summed E-state index contributed by atoms with van der Waals surface area (Å²) in [5.41, 5.74) is 2.05. The van der Waals surface area contributed by atoms with Crippen molar-refractivity contribution in [2.75, 3.05) is 24.6 Å². The van der Waals surface area contributed by atoms with Gasteiger partial charge in [-0.05, 0) is 24.3 Å². The van der Waals surface area contributed by atoms with Gasteiger partial charge in [0.2, 0.25) is 0 Å². The summed E-state index contributed by atoms with van der Waals surface area (Å²) in [7, 11) is 0. The number of pyridine rings is 1. The Bertz CT molecular complexity index is 917. The van der Waals surface area contributed by atoms with Gasteiger partial charge in [-0.15, -0.1) is 0 Å². The highest BCUT2D eigenvalue weighted by molar-refractivity contribution is 5.99. The molecule has 0 spiro atoms. The summed E-state index contributed by atoms with van der Waals surface area (Å²) in [6, 6.07) is 10.9. The standard InChI is InChI=1S/C18H16N4O3/c23-17-11-25-16-4-2-1-3-15(16)22(17)8-7-20-18(24)14-9-12-10-19-6-5-13(12)21-14/h1-6,9-10,21H,7-8,11H2,(H,20,24).